The highest BCUT2D eigenvalue weighted by atomic mass is 35.5. The lowest BCUT2D eigenvalue weighted by molar-refractivity contribution is -0.141. The maximum absolute atomic E-state index is 11.2. The smallest absolute Gasteiger partial charge is 0.376 e. The molecule has 0 saturated heterocycles. The van der Waals surface area contributed by atoms with Gasteiger partial charge in [-0.3, -0.25) is 4.79 Å². The molecule has 0 aliphatic rings. The number of esters is 1. The van der Waals surface area contributed by atoms with Gasteiger partial charge in [0.15, 0.2) is 0 Å². The molecule has 1 aromatic heterocycles. The van der Waals surface area contributed by atoms with Gasteiger partial charge in [0, 0.05) is 21.6 Å². The number of aldehydes is 1. The van der Waals surface area contributed by atoms with Crippen LogP contribution in [0.25, 0.3) is 0 Å². The van der Waals surface area contributed by atoms with E-state index < -0.39 is 5.97 Å². The van der Waals surface area contributed by atoms with Gasteiger partial charge in [0.05, 0.1) is 0 Å². The number of rotatable bonds is 7. The van der Waals surface area contributed by atoms with E-state index in [-0.39, 0.29) is 24.5 Å². The summed E-state index contributed by atoms with van der Waals surface area (Å²) in [7, 11) is 0. The minimum absolute atomic E-state index is 0.0835. The van der Waals surface area contributed by atoms with Crippen LogP contribution in [0.3, 0.4) is 0 Å². The first-order chi connectivity index (χ1) is 13.2. The fraction of sp³-hybridized carbons (Fsp3) is 0.0500. The van der Waals surface area contributed by atoms with Gasteiger partial charge < -0.3 is 9.47 Å². The standard InChI is InChI=1S/C20H14ClNO4S/c21-17-10-16(27-15-7-2-1-3-8-15)11-22-20(17)25-13-14-6-4-5-9-18(14)26-19(24)12-23/h1-12H,13H2. The number of nitrogens with zero attached hydrogens (tertiary/aromatic N) is 1. The molecule has 0 fully saturated rings. The third-order valence-electron chi connectivity index (χ3n) is 3.41. The van der Waals surface area contributed by atoms with Crippen LogP contribution in [-0.2, 0) is 16.2 Å². The van der Waals surface area contributed by atoms with Crippen LogP contribution in [-0.4, -0.2) is 17.2 Å². The summed E-state index contributed by atoms with van der Waals surface area (Å²) in [6.07, 6.45) is 1.79. The van der Waals surface area contributed by atoms with E-state index in [2.05, 4.69) is 4.98 Å². The molecule has 0 aliphatic heterocycles. The Morgan fingerprint density at radius 1 is 1.07 bits per heavy atom. The van der Waals surface area contributed by atoms with Crippen LogP contribution in [0.5, 0.6) is 11.6 Å². The fourth-order valence-corrected chi connectivity index (χ4v) is 3.33. The van der Waals surface area contributed by atoms with Crippen molar-refractivity contribution in [3.63, 3.8) is 0 Å². The van der Waals surface area contributed by atoms with Crippen LogP contribution in [0.2, 0.25) is 5.02 Å². The van der Waals surface area contributed by atoms with E-state index in [1.807, 2.05) is 30.3 Å². The van der Waals surface area contributed by atoms with E-state index in [0.717, 1.165) is 9.79 Å². The maximum atomic E-state index is 11.2. The summed E-state index contributed by atoms with van der Waals surface area (Å²) >= 11 is 7.82. The van der Waals surface area contributed by atoms with Gasteiger partial charge in [-0.2, -0.15) is 0 Å². The molecule has 7 heteroatoms. The summed E-state index contributed by atoms with van der Waals surface area (Å²) in [5.74, 6) is -0.450. The second kappa shape index (κ2) is 9.21. The lowest BCUT2D eigenvalue weighted by Crippen LogP contribution is -2.11. The molecule has 0 N–H and O–H groups in total. The predicted octanol–water partition coefficient (Wildman–Crippen LogP) is 4.57. The third kappa shape index (κ3) is 5.32. The van der Waals surface area contributed by atoms with Gasteiger partial charge in [-0.05, 0) is 24.3 Å². The molecule has 5 nitrogen and oxygen atoms in total. The zero-order valence-electron chi connectivity index (χ0n) is 14.0. The highest BCUT2D eigenvalue weighted by Gasteiger charge is 2.11. The first kappa shape index (κ1) is 18.9. The Bertz CT molecular complexity index is 950. The van der Waals surface area contributed by atoms with Gasteiger partial charge in [-0.15, -0.1) is 0 Å². The lowest BCUT2D eigenvalue weighted by atomic mass is 10.2. The van der Waals surface area contributed by atoms with Crippen molar-refractivity contribution >= 4 is 35.6 Å². The number of carbonyl (C=O) groups is 2. The van der Waals surface area contributed by atoms with Crippen LogP contribution in [0.15, 0.2) is 76.7 Å². The van der Waals surface area contributed by atoms with E-state index in [0.29, 0.717) is 10.6 Å². The number of ether oxygens (including phenoxy) is 2. The second-order valence-corrected chi connectivity index (χ2v) is 6.86. The highest BCUT2D eigenvalue weighted by Crippen LogP contribution is 2.32. The summed E-state index contributed by atoms with van der Waals surface area (Å²) < 4.78 is 10.6. The minimum Gasteiger partial charge on any atom is -0.472 e. The molecule has 3 rings (SSSR count). The van der Waals surface area contributed by atoms with E-state index >= 15 is 0 Å². The normalized spacial score (nSPS) is 10.3. The zero-order chi connectivity index (χ0) is 19.1. The summed E-state index contributed by atoms with van der Waals surface area (Å²) in [5, 5.41) is 0.373. The van der Waals surface area contributed by atoms with Crippen molar-refractivity contribution in [3.8, 4) is 11.6 Å². The van der Waals surface area contributed by atoms with E-state index in [4.69, 9.17) is 21.1 Å². The molecule has 0 radical (unpaired) electrons. The SMILES string of the molecule is O=CC(=O)Oc1ccccc1COc1ncc(Sc2ccccc2)cc1Cl. The zero-order valence-corrected chi connectivity index (χ0v) is 15.6. The quantitative estimate of drug-likeness (QED) is 0.251. The minimum atomic E-state index is -0.971. The number of aromatic nitrogens is 1. The van der Waals surface area contributed by atoms with Crippen molar-refractivity contribution in [1.82, 2.24) is 4.98 Å². The number of benzene rings is 2. The Morgan fingerprint density at radius 3 is 2.56 bits per heavy atom. The van der Waals surface area contributed by atoms with E-state index in [9.17, 15) is 9.59 Å². The molecule has 0 unspecified atom stereocenters. The van der Waals surface area contributed by atoms with Crippen molar-refractivity contribution in [2.75, 3.05) is 0 Å². The van der Waals surface area contributed by atoms with Crippen molar-refractivity contribution in [1.29, 1.82) is 0 Å². The predicted molar refractivity (Wildman–Crippen MR) is 102 cm³/mol. The molecule has 136 valence electrons. The Kier molecular flexibility index (Phi) is 6.46. The van der Waals surface area contributed by atoms with Gasteiger partial charge in [-0.1, -0.05) is 59.8 Å². The monoisotopic (exact) mass is 399 g/mol. The molecule has 0 aliphatic carbocycles. The van der Waals surface area contributed by atoms with Crippen molar-refractivity contribution in [2.24, 2.45) is 0 Å². The van der Waals surface area contributed by atoms with Crippen LogP contribution in [0.1, 0.15) is 5.56 Å². The average Bonchev–Trinajstić information content (AvgIpc) is 2.69. The Labute approximate surface area is 165 Å². The molecule has 27 heavy (non-hydrogen) atoms. The largest absolute Gasteiger partial charge is 0.472 e. The van der Waals surface area contributed by atoms with Crippen molar-refractivity contribution < 1.29 is 19.1 Å². The highest BCUT2D eigenvalue weighted by molar-refractivity contribution is 7.99. The molecule has 0 atom stereocenters. The molecule has 0 saturated carbocycles. The molecule has 0 spiro atoms. The number of halogens is 1. The van der Waals surface area contributed by atoms with E-state index in [1.165, 1.54) is 0 Å². The van der Waals surface area contributed by atoms with Crippen LogP contribution in [0.4, 0.5) is 0 Å². The van der Waals surface area contributed by atoms with Crippen LogP contribution >= 0.6 is 23.4 Å². The average molecular weight is 400 g/mol. The number of hydrogen-bond acceptors (Lipinski definition) is 6. The summed E-state index contributed by atoms with van der Waals surface area (Å²) in [4.78, 5) is 27.9. The first-order valence-electron chi connectivity index (χ1n) is 7.92. The van der Waals surface area contributed by atoms with Crippen LogP contribution < -0.4 is 9.47 Å². The van der Waals surface area contributed by atoms with E-state index in [1.54, 1.807) is 48.3 Å². The fourth-order valence-electron chi connectivity index (χ4n) is 2.20. The van der Waals surface area contributed by atoms with Crippen molar-refractivity contribution in [2.45, 2.75) is 16.4 Å². The maximum Gasteiger partial charge on any atom is 0.376 e. The number of carbonyl (C=O) groups excluding carboxylic acids is 2. The number of pyridine rings is 1. The van der Waals surface area contributed by atoms with Gasteiger partial charge in [-0.25, -0.2) is 9.78 Å². The topological polar surface area (TPSA) is 65.5 Å². The van der Waals surface area contributed by atoms with Gasteiger partial charge in [0.1, 0.15) is 17.4 Å². The molecule has 0 amide bonds. The van der Waals surface area contributed by atoms with Crippen molar-refractivity contribution in [3.05, 3.63) is 77.4 Å². The third-order valence-corrected chi connectivity index (χ3v) is 4.64. The molecule has 3 aromatic rings. The summed E-state index contributed by atoms with van der Waals surface area (Å²) in [6.45, 7) is 0.0835. The van der Waals surface area contributed by atoms with Crippen LogP contribution in [0, 0.1) is 0 Å². The molecule has 0 bridgehead atoms. The van der Waals surface area contributed by atoms with Gasteiger partial charge in [0.2, 0.25) is 12.2 Å². The molecule has 2 aromatic carbocycles. The summed E-state index contributed by atoms with van der Waals surface area (Å²) in [5.41, 5.74) is 0.591. The Morgan fingerprint density at radius 2 is 1.81 bits per heavy atom. The lowest BCUT2D eigenvalue weighted by Gasteiger charge is -2.11. The summed E-state index contributed by atoms with van der Waals surface area (Å²) in [6, 6.07) is 18.4. The number of hydrogen-bond donors (Lipinski definition) is 0. The second-order valence-electron chi connectivity index (χ2n) is 5.31. The van der Waals surface area contributed by atoms with Gasteiger partial charge >= 0.3 is 5.97 Å². The Balaban J connectivity index is 1.68. The molecular formula is C20H14ClNO4S. The van der Waals surface area contributed by atoms with Gasteiger partial charge in [0.25, 0.3) is 0 Å². The first-order valence-corrected chi connectivity index (χ1v) is 9.11. The Hall–Kier alpha value is -2.83. The molecular weight excluding hydrogens is 386 g/mol. The number of para-hydroxylation sites is 1. The molecule has 1 heterocycles.